The predicted octanol–water partition coefficient (Wildman–Crippen LogP) is 5.66. The molecule has 0 atom stereocenters. The number of halogens is 1. The molecule has 6 aromatic rings. The number of benzene rings is 3. The van der Waals surface area contributed by atoms with E-state index in [2.05, 4.69) is 32.5 Å². The van der Waals surface area contributed by atoms with Crippen molar-refractivity contribution in [3.05, 3.63) is 90.1 Å². The maximum atomic E-state index is 13.6. The van der Waals surface area contributed by atoms with Crippen LogP contribution < -0.4 is 5.32 Å². The summed E-state index contributed by atoms with van der Waals surface area (Å²) in [7, 11) is 0. The lowest BCUT2D eigenvalue weighted by atomic mass is 10.1. The van der Waals surface area contributed by atoms with E-state index in [1.807, 2.05) is 41.2 Å². The molecule has 0 aliphatic carbocycles. The number of thiophene rings is 1. The van der Waals surface area contributed by atoms with Gasteiger partial charge in [0, 0.05) is 27.8 Å². The Balaban J connectivity index is 1.34. The number of aromatic nitrogens is 4. The van der Waals surface area contributed by atoms with E-state index in [0.717, 1.165) is 53.8 Å². The van der Waals surface area contributed by atoms with Crippen molar-refractivity contribution in [3.8, 4) is 0 Å². The summed E-state index contributed by atoms with van der Waals surface area (Å²) in [5.41, 5.74) is 3.83. The van der Waals surface area contributed by atoms with Gasteiger partial charge in [0.05, 0.1) is 23.6 Å². The summed E-state index contributed by atoms with van der Waals surface area (Å²) < 4.78 is 16.5. The quantitative estimate of drug-likeness (QED) is 0.329. The van der Waals surface area contributed by atoms with Gasteiger partial charge in [0.25, 0.3) is 0 Å². The molecule has 3 aromatic carbocycles. The number of hydrogen-bond acceptors (Lipinski definition) is 6. The Kier molecular flexibility index (Phi) is 5.16. The molecule has 0 saturated carbocycles. The van der Waals surface area contributed by atoms with Crippen molar-refractivity contribution in [1.82, 2.24) is 19.7 Å². The van der Waals surface area contributed by atoms with Gasteiger partial charge in [0.2, 0.25) is 0 Å². The molecular weight excluding hydrogens is 449 g/mol. The van der Waals surface area contributed by atoms with E-state index in [1.165, 1.54) is 12.1 Å². The average Bonchev–Trinajstić information content (AvgIpc) is 3.40. The van der Waals surface area contributed by atoms with Gasteiger partial charge in [-0.15, -0.1) is 11.3 Å². The van der Waals surface area contributed by atoms with Gasteiger partial charge in [0.1, 0.15) is 22.8 Å². The summed E-state index contributed by atoms with van der Waals surface area (Å²) in [5.74, 6) is 0.500. The van der Waals surface area contributed by atoms with Crippen molar-refractivity contribution in [1.29, 1.82) is 0 Å². The number of nitrogens with zero attached hydrogens (tertiary/aromatic N) is 4. The number of fused-ring (bicyclic) bond motifs is 4. The maximum Gasteiger partial charge on any atom is 0.143 e. The summed E-state index contributed by atoms with van der Waals surface area (Å²) in [6, 6.07) is 18.8. The lowest BCUT2D eigenvalue weighted by molar-refractivity contribution is 0.299. The fraction of sp³-hybridized carbons (Fsp3) is 0.115. The zero-order valence-corrected chi connectivity index (χ0v) is 18.9. The first-order valence-corrected chi connectivity index (χ1v) is 11.7. The number of rotatable bonds is 6. The summed E-state index contributed by atoms with van der Waals surface area (Å²) in [6.07, 6.45) is 4.02. The van der Waals surface area contributed by atoms with Gasteiger partial charge >= 0.3 is 0 Å². The molecule has 34 heavy (non-hydrogen) atoms. The molecule has 0 radical (unpaired) electrons. The Morgan fingerprint density at radius 2 is 1.94 bits per heavy atom. The fourth-order valence-corrected chi connectivity index (χ4v) is 5.37. The third-order valence-electron chi connectivity index (χ3n) is 5.86. The molecular formula is C26H20FN5OS. The van der Waals surface area contributed by atoms with Gasteiger partial charge in [-0.25, -0.2) is 14.4 Å². The molecule has 168 valence electrons. The van der Waals surface area contributed by atoms with Crippen molar-refractivity contribution in [2.75, 3.05) is 11.9 Å². The van der Waals surface area contributed by atoms with Crippen molar-refractivity contribution < 1.29 is 9.50 Å². The molecule has 0 spiro atoms. The average molecular weight is 470 g/mol. The Morgan fingerprint density at radius 1 is 1.00 bits per heavy atom. The lowest BCUT2D eigenvalue weighted by Crippen LogP contribution is -2.01. The van der Waals surface area contributed by atoms with Crippen LogP contribution in [0.3, 0.4) is 0 Å². The van der Waals surface area contributed by atoms with Crippen LogP contribution in [0.2, 0.25) is 0 Å². The highest BCUT2D eigenvalue weighted by Crippen LogP contribution is 2.37. The molecule has 3 heterocycles. The highest BCUT2D eigenvalue weighted by atomic mass is 32.1. The van der Waals surface area contributed by atoms with Crippen molar-refractivity contribution in [3.63, 3.8) is 0 Å². The van der Waals surface area contributed by atoms with Crippen LogP contribution in [0.25, 0.3) is 31.2 Å². The molecule has 6 nitrogen and oxygen atoms in total. The zero-order chi connectivity index (χ0) is 23.1. The van der Waals surface area contributed by atoms with E-state index < -0.39 is 0 Å². The van der Waals surface area contributed by atoms with Crippen LogP contribution in [-0.2, 0) is 13.0 Å². The number of aliphatic hydroxyl groups is 1. The monoisotopic (exact) mass is 469 g/mol. The largest absolute Gasteiger partial charge is 0.396 e. The van der Waals surface area contributed by atoms with Crippen LogP contribution in [0.4, 0.5) is 15.9 Å². The van der Waals surface area contributed by atoms with E-state index >= 15 is 0 Å². The topological polar surface area (TPSA) is 75.9 Å². The lowest BCUT2D eigenvalue weighted by Gasteiger charge is -2.08. The molecule has 0 aliphatic rings. The van der Waals surface area contributed by atoms with Crippen molar-refractivity contribution in [2.24, 2.45) is 0 Å². The minimum absolute atomic E-state index is 0.129. The second kappa shape index (κ2) is 8.48. The molecule has 0 amide bonds. The second-order valence-corrected chi connectivity index (χ2v) is 9.17. The summed E-state index contributed by atoms with van der Waals surface area (Å²) >= 11 is 1.62. The van der Waals surface area contributed by atoms with Gasteiger partial charge in [-0.2, -0.15) is 5.10 Å². The number of hydrogen-bond donors (Lipinski definition) is 2. The first kappa shape index (κ1) is 20.7. The van der Waals surface area contributed by atoms with Crippen molar-refractivity contribution in [2.45, 2.75) is 13.0 Å². The van der Waals surface area contributed by atoms with E-state index in [-0.39, 0.29) is 12.4 Å². The van der Waals surface area contributed by atoms with Gasteiger partial charge in [0.15, 0.2) is 0 Å². The molecule has 8 heteroatoms. The molecule has 2 N–H and O–H groups in total. The zero-order valence-electron chi connectivity index (χ0n) is 18.1. The van der Waals surface area contributed by atoms with E-state index in [4.69, 9.17) is 0 Å². The van der Waals surface area contributed by atoms with E-state index in [0.29, 0.717) is 13.0 Å². The van der Waals surface area contributed by atoms with Gasteiger partial charge < -0.3 is 10.4 Å². The van der Waals surface area contributed by atoms with Gasteiger partial charge in [-0.3, -0.25) is 4.68 Å². The van der Waals surface area contributed by atoms with Crippen LogP contribution >= 0.6 is 11.3 Å². The first-order valence-electron chi connectivity index (χ1n) is 10.9. The fourth-order valence-electron chi connectivity index (χ4n) is 4.27. The summed E-state index contributed by atoms with van der Waals surface area (Å²) in [4.78, 5) is 9.91. The Hall–Kier alpha value is -3.88. The van der Waals surface area contributed by atoms with E-state index in [1.54, 1.807) is 23.7 Å². The standard InChI is InChI=1S/C26H20FN5OS/c27-19-3-1-2-17(10-19)14-32-22-7-5-20(12-18(22)13-30-32)31-25-24-21-6-4-16(8-9-33)11-23(21)34-26(24)29-15-28-25/h1-7,10-13,15,33H,8-9,14H2,(H,28,29,31). The normalized spacial score (nSPS) is 11.6. The van der Waals surface area contributed by atoms with Crippen LogP contribution in [-0.4, -0.2) is 31.5 Å². The molecule has 0 aliphatic heterocycles. The second-order valence-electron chi connectivity index (χ2n) is 8.14. The van der Waals surface area contributed by atoms with E-state index in [9.17, 15) is 9.50 Å². The van der Waals surface area contributed by atoms with Crippen LogP contribution in [0.15, 0.2) is 73.2 Å². The smallest absolute Gasteiger partial charge is 0.143 e. The van der Waals surface area contributed by atoms with Crippen molar-refractivity contribution >= 4 is 54.0 Å². The Labute approximate surface area is 198 Å². The molecule has 6 rings (SSSR count). The molecule has 3 aromatic heterocycles. The SMILES string of the molecule is OCCc1ccc2c(c1)sc1ncnc(Nc3ccc4c(cnn4Cc4cccc(F)c4)c3)c12. The number of nitrogens with one attached hydrogen (secondary N) is 1. The summed E-state index contributed by atoms with van der Waals surface area (Å²) in [6.45, 7) is 0.629. The van der Waals surface area contributed by atoms with Gasteiger partial charge in [-0.05, 0) is 53.9 Å². The first-order chi connectivity index (χ1) is 16.7. The third kappa shape index (κ3) is 3.76. The minimum atomic E-state index is -0.248. The highest BCUT2D eigenvalue weighted by Gasteiger charge is 2.13. The van der Waals surface area contributed by atoms with Crippen LogP contribution in [0.5, 0.6) is 0 Å². The minimum Gasteiger partial charge on any atom is -0.396 e. The predicted molar refractivity (Wildman–Crippen MR) is 134 cm³/mol. The Bertz CT molecular complexity index is 1660. The molecule has 0 bridgehead atoms. The number of aliphatic hydroxyl groups excluding tert-OH is 1. The summed E-state index contributed by atoms with van der Waals surface area (Å²) in [5, 5.41) is 20.3. The molecule has 0 saturated heterocycles. The molecule has 0 unspecified atom stereocenters. The Morgan fingerprint density at radius 3 is 2.82 bits per heavy atom. The maximum absolute atomic E-state index is 13.6. The third-order valence-corrected chi connectivity index (χ3v) is 6.92. The highest BCUT2D eigenvalue weighted by molar-refractivity contribution is 7.25. The van der Waals surface area contributed by atoms with Crippen LogP contribution in [0, 0.1) is 5.82 Å². The van der Waals surface area contributed by atoms with Crippen LogP contribution in [0.1, 0.15) is 11.1 Å². The van der Waals surface area contributed by atoms with Gasteiger partial charge in [-0.1, -0.05) is 24.3 Å². The number of anilines is 2. The molecule has 0 fully saturated rings.